The molecule has 0 saturated carbocycles. The van der Waals surface area contributed by atoms with Crippen LogP contribution in [-0.2, 0) is 0 Å². The van der Waals surface area contributed by atoms with E-state index >= 15 is 0 Å². The molecule has 2 N–H and O–H groups in total. The molecule has 2 heterocycles. The summed E-state index contributed by atoms with van der Waals surface area (Å²) in [6.45, 7) is 0. The van der Waals surface area contributed by atoms with Gasteiger partial charge in [0.2, 0.25) is 0 Å². The SMILES string of the molecule is COc1ccn2nc(N)cc2c1. The molecule has 0 atom stereocenters. The number of pyridine rings is 1. The van der Waals surface area contributed by atoms with E-state index in [1.54, 1.807) is 17.7 Å². The first-order valence-corrected chi connectivity index (χ1v) is 3.58. The molecule has 0 fully saturated rings. The van der Waals surface area contributed by atoms with Gasteiger partial charge in [0.05, 0.1) is 12.6 Å². The molecule has 2 aromatic rings. The van der Waals surface area contributed by atoms with Gasteiger partial charge in [-0.2, -0.15) is 5.10 Å². The summed E-state index contributed by atoms with van der Waals surface area (Å²) in [6, 6.07) is 5.51. The van der Waals surface area contributed by atoms with Gasteiger partial charge >= 0.3 is 0 Å². The second-order valence-corrected chi connectivity index (χ2v) is 2.51. The third-order valence-corrected chi connectivity index (χ3v) is 1.69. The van der Waals surface area contributed by atoms with Crippen molar-refractivity contribution < 1.29 is 4.74 Å². The van der Waals surface area contributed by atoms with E-state index in [-0.39, 0.29) is 0 Å². The Morgan fingerprint density at radius 3 is 3.08 bits per heavy atom. The zero-order chi connectivity index (χ0) is 8.55. The van der Waals surface area contributed by atoms with Gasteiger partial charge in [-0.15, -0.1) is 0 Å². The average Bonchev–Trinajstić information content (AvgIpc) is 2.43. The van der Waals surface area contributed by atoms with Gasteiger partial charge in [0, 0.05) is 18.3 Å². The number of anilines is 1. The maximum absolute atomic E-state index is 5.51. The highest BCUT2D eigenvalue weighted by Gasteiger charge is 1.98. The summed E-state index contributed by atoms with van der Waals surface area (Å²) in [4.78, 5) is 0. The molecule has 0 aliphatic carbocycles. The second kappa shape index (κ2) is 2.41. The number of nitrogens with zero attached hydrogens (tertiary/aromatic N) is 2. The molecular formula is C8H9N3O. The summed E-state index contributed by atoms with van der Waals surface area (Å²) in [7, 11) is 1.63. The summed E-state index contributed by atoms with van der Waals surface area (Å²) in [5.74, 6) is 1.32. The zero-order valence-electron chi connectivity index (χ0n) is 6.69. The van der Waals surface area contributed by atoms with Gasteiger partial charge in [0.15, 0.2) is 0 Å². The van der Waals surface area contributed by atoms with E-state index < -0.39 is 0 Å². The Hall–Kier alpha value is -1.71. The van der Waals surface area contributed by atoms with Crippen molar-refractivity contribution in [1.82, 2.24) is 9.61 Å². The van der Waals surface area contributed by atoms with Gasteiger partial charge in [-0.05, 0) is 6.07 Å². The number of rotatable bonds is 1. The lowest BCUT2D eigenvalue weighted by Gasteiger charge is -1.98. The van der Waals surface area contributed by atoms with Gasteiger partial charge in [0.1, 0.15) is 11.6 Å². The summed E-state index contributed by atoms with van der Waals surface area (Å²) < 4.78 is 6.76. The van der Waals surface area contributed by atoms with Crippen LogP contribution in [0.1, 0.15) is 0 Å². The van der Waals surface area contributed by atoms with Crippen molar-refractivity contribution in [2.24, 2.45) is 0 Å². The Morgan fingerprint density at radius 1 is 1.50 bits per heavy atom. The molecule has 2 aromatic heterocycles. The predicted molar refractivity (Wildman–Crippen MR) is 46.2 cm³/mol. The van der Waals surface area contributed by atoms with E-state index in [9.17, 15) is 0 Å². The van der Waals surface area contributed by atoms with E-state index in [2.05, 4.69) is 5.10 Å². The van der Waals surface area contributed by atoms with Crippen molar-refractivity contribution in [3.05, 3.63) is 24.4 Å². The Morgan fingerprint density at radius 2 is 2.33 bits per heavy atom. The first-order chi connectivity index (χ1) is 5.79. The van der Waals surface area contributed by atoms with Crippen molar-refractivity contribution in [1.29, 1.82) is 0 Å². The fourth-order valence-corrected chi connectivity index (χ4v) is 1.12. The summed E-state index contributed by atoms with van der Waals surface area (Å²) in [5.41, 5.74) is 6.45. The first-order valence-electron chi connectivity index (χ1n) is 3.58. The van der Waals surface area contributed by atoms with E-state index in [1.165, 1.54) is 0 Å². The highest BCUT2D eigenvalue weighted by Crippen LogP contribution is 2.15. The van der Waals surface area contributed by atoms with Gasteiger partial charge in [-0.3, -0.25) is 0 Å². The second-order valence-electron chi connectivity index (χ2n) is 2.51. The summed E-state index contributed by atoms with van der Waals surface area (Å²) in [5, 5.41) is 4.03. The minimum absolute atomic E-state index is 0.517. The highest BCUT2D eigenvalue weighted by molar-refractivity contribution is 5.56. The maximum atomic E-state index is 5.51. The van der Waals surface area contributed by atoms with Crippen LogP contribution in [0.25, 0.3) is 5.52 Å². The zero-order valence-corrected chi connectivity index (χ0v) is 6.69. The van der Waals surface area contributed by atoms with Crippen LogP contribution in [0, 0.1) is 0 Å². The predicted octanol–water partition coefficient (Wildman–Crippen LogP) is 0.925. The maximum Gasteiger partial charge on any atom is 0.146 e. The van der Waals surface area contributed by atoms with Crippen LogP contribution >= 0.6 is 0 Å². The van der Waals surface area contributed by atoms with Crippen LogP contribution in [0.4, 0.5) is 5.82 Å². The van der Waals surface area contributed by atoms with Crippen LogP contribution in [0.2, 0.25) is 0 Å². The van der Waals surface area contributed by atoms with Crippen molar-refractivity contribution >= 4 is 11.3 Å². The van der Waals surface area contributed by atoms with Gasteiger partial charge < -0.3 is 10.5 Å². The molecule has 4 heteroatoms. The highest BCUT2D eigenvalue weighted by atomic mass is 16.5. The first kappa shape index (κ1) is 6.97. The van der Waals surface area contributed by atoms with Gasteiger partial charge in [-0.1, -0.05) is 0 Å². The third kappa shape index (κ3) is 0.972. The average molecular weight is 163 g/mol. The normalized spacial score (nSPS) is 10.4. The number of aromatic nitrogens is 2. The van der Waals surface area contributed by atoms with Crippen LogP contribution in [0.15, 0.2) is 24.4 Å². The minimum Gasteiger partial charge on any atom is -0.497 e. The van der Waals surface area contributed by atoms with Crippen LogP contribution < -0.4 is 10.5 Å². The molecule has 62 valence electrons. The van der Waals surface area contributed by atoms with Crippen molar-refractivity contribution in [3.8, 4) is 5.75 Å². The van der Waals surface area contributed by atoms with Crippen molar-refractivity contribution in [2.75, 3.05) is 12.8 Å². The van der Waals surface area contributed by atoms with Gasteiger partial charge in [-0.25, -0.2) is 4.52 Å². The molecule has 2 rings (SSSR count). The summed E-state index contributed by atoms with van der Waals surface area (Å²) in [6.07, 6.45) is 1.81. The number of nitrogens with two attached hydrogens (primary N) is 1. The van der Waals surface area contributed by atoms with Crippen molar-refractivity contribution in [2.45, 2.75) is 0 Å². The number of nitrogen functional groups attached to an aromatic ring is 1. The fourth-order valence-electron chi connectivity index (χ4n) is 1.12. The number of ether oxygens (including phenoxy) is 1. The topological polar surface area (TPSA) is 52.5 Å². The monoisotopic (exact) mass is 163 g/mol. The van der Waals surface area contributed by atoms with E-state index in [0.29, 0.717) is 5.82 Å². The van der Waals surface area contributed by atoms with Crippen LogP contribution in [0.3, 0.4) is 0 Å². The largest absolute Gasteiger partial charge is 0.497 e. The number of methoxy groups -OCH3 is 1. The molecule has 0 bridgehead atoms. The van der Waals surface area contributed by atoms with Crippen LogP contribution in [0.5, 0.6) is 5.75 Å². The molecule has 0 aliphatic heterocycles. The molecular weight excluding hydrogens is 154 g/mol. The molecule has 0 aliphatic rings. The lowest BCUT2D eigenvalue weighted by Crippen LogP contribution is -1.89. The molecule has 0 aromatic carbocycles. The van der Waals surface area contributed by atoms with E-state index in [1.807, 2.05) is 18.3 Å². The Labute approximate surface area is 69.6 Å². The molecule has 0 radical (unpaired) electrons. The molecule has 0 unspecified atom stereocenters. The Kier molecular flexibility index (Phi) is 1.40. The number of hydrogen-bond acceptors (Lipinski definition) is 3. The summed E-state index contributed by atoms with van der Waals surface area (Å²) >= 11 is 0. The Bertz CT molecular complexity index is 408. The quantitative estimate of drug-likeness (QED) is 0.680. The van der Waals surface area contributed by atoms with Crippen LogP contribution in [-0.4, -0.2) is 16.7 Å². The minimum atomic E-state index is 0.517. The Balaban J connectivity index is 2.66. The van der Waals surface area contributed by atoms with E-state index in [0.717, 1.165) is 11.3 Å². The van der Waals surface area contributed by atoms with E-state index in [4.69, 9.17) is 10.5 Å². The lowest BCUT2D eigenvalue weighted by molar-refractivity contribution is 0.414. The molecule has 12 heavy (non-hydrogen) atoms. The third-order valence-electron chi connectivity index (χ3n) is 1.69. The molecule has 0 saturated heterocycles. The lowest BCUT2D eigenvalue weighted by atomic mass is 10.4. The smallest absolute Gasteiger partial charge is 0.146 e. The fraction of sp³-hybridized carbons (Fsp3) is 0.125. The standard InChI is InChI=1S/C8H9N3O/c1-12-7-2-3-11-6(4-7)5-8(9)10-11/h2-5H,1H3,(H2,9,10). The van der Waals surface area contributed by atoms with Gasteiger partial charge in [0.25, 0.3) is 0 Å². The number of fused-ring (bicyclic) bond motifs is 1. The number of hydrogen-bond donors (Lipinski definition) is 1. The molecule has 4 nitrogen and oxygen atoms in total. The molecule has 0 spiro atoms. The van der Waals surface area contributed by atoms with Crippen molar-refractivity contribution in [3.63, 3.8) is 0 Å². The molecule has 0 amide bonds.